The van der Waals surface area contributed by atoms with Gasteiger partial charge in [-0.1, -0.05) is 13.8 Å². The molecule has 1 aromatic rings. The van der Waals surface area contributed by atoms with Crippen LogP contribution >= 0.6 is 0 Å². The molecule has 1 atom stereocenters. The fourth-order valence-electron chi connectivity index (χ4n) is 3.48. The molecule has 1 unspecified atom stereocenters. The summed E-state index contributed by atoms with van der Waals surface area (Å²) in [6, 6.07) is 3.75. The summed E-state index contributed by atoms with van der Waals surface area (Å²) in [5.74, 6) is 1.19. The molecule has 2 aliphatic heterocycles. The summed E-state index contributed by atoms with van der Waals surface area (Å²) < 4.78 is 37.4. The molecule has 0 amide bonds. The van der Waals surface area contributed by atoms with Gasteiger partial charge in [0.05, 0.1) is 26.4 Å². The number of nitrogens with zero attached hydrogens (tertiary/aromatic N) is 3. The second-order valence-electron chi connectivity index (χ2n) is 7.24. The molecule has 1 N–H and O–H groups in total. The summed E-state index contributed by atoms with van der Waals surface area (Å²) in [4.78, 5) is 6.99. The molecule has 8 nitrogen and oxygen atoms in total. The van der Waals surface area contributed by atoms with Crippen molar-refractivity contribution in [3.8, 4) is 0 Å². The molecule has 3 heterocycles. The third-order valence-corrected chi connectivity index (χ3v) is 7.00. The molecule has 2 aliphatic rings. The van der Waals surface area contributed by atoms with Crippen LogP contribution in [0.4, 0.5) is 5.82 Å². The van der Waals surface area contributed by atoms with Gasteiger partial charge in [-0.3, -0.25) is 4.90 Å². The maximum Gasteiger partial charge on any atom is 0.244 e. The van der Waals surface area contributed by atoms with Crippen LogP contribution in [0.25, 0.3) is 0 Å². The Bertz CT molecular complexity index is 684. The average Bonchev–Trinajstić information content (AvgIpc) is 2.70. The van der Waals surface area contributed by atoms with Crippen molar-refractivity contribution in [3.63, 3.8) is 0 Å². The van der Waals surface area contributed by atoms with Gasteiger partial charge in [0, 0.05) is 45.0 Å². The molecule has 0 saturated carbocycles. The lowest BCUT2D eigenvalue weighted by Crippen LogP contribution is -2.49. The highest BCUT2D eigenvalue weighted by molar-refractivity contribution is 7.89. The summed E-state index contributed by atoms with van der Waals surface area (Å²) in [5, 5.41) is 3.36. The number of anilines is 1. The third kappa shape index (κ3) is 5.17. The lowest BCUT2D eigenvalue weighted by molar-refractivity contribution is 0.00953. The zero-order valence-corrected chi connectivity index (χ0v) is 17.0. The van der Waals surface area contributed by atoms with Crippen molar-refractivity contribution in [2.45, 2.75) is 24.8 Å². The second kappa shape index (κ2) is 9.29. The lowest BCUT2D eigenvalue weighted by Gasteiger charge is -2.37. The SMILES string of the molecule is CC(C)C(CNc1ccc(S(=O)(=O)N2CCOCC2)cn1)N1CCOCC1. The van der Waals surface area contributed by atoms with Crippen LogP contribution in [0.5, 0.6) is 0 Å². The molecule has 0 aromatic carbocycles. The smallest absolute Gasteiger partial charge is 0.244 e. The zero-order chi connectivity index (χ0) is 19.3. The fraction of sp³-hybridized carbons (Fsp3) is 0.722. The predicted octanol–water partition coefficient (Wildman–Crippen LogP) is 0.871. The Morgan fingerprint density at radius 3 is 2.26 bits per heavy atom. The van der Waals surface area contributed by atoms with Gasteiger partial charge >= 0.3 is 0 Å². The number of hydrogen-bond donors (Lipinski definition) is 1. The van der Waals surface area contributed by atoms with Gasteiger partial charge in [0.2, 0.25) is 10.0 Å². The van der Waals surface area contributed by atoms with Crippen LogP contribution in [0.15, 0.2) is 23.2 Å². The first-order chi connectivity index (χ1) is 13.0. The predicted molar refractivity (Wildman–Crippen MR) is 103 cm³/mol. The molecular formula is C18H30N4O4S. The van der Waals surface area contributed by atoms with Crippen LogP contribution in [0.3, 0.4) is 0 Å². The molecule has 9 heteroatoms. The number of aromatic nitrogens is 1. The number of nitrogens with one attached hydrogen (secondary N) is 1. The van der Waals surface area contributed by atoms with E-state index in [-0.39, 0.29) is 4.90 Å². The van der Waals surface area contributed by atoms with Crippen molar-refractivity contribution in [3.05, 3.63) is 18.3 Å². The topological polar surface area (TPSA) is 84.0 Å². The van der Waals surface area contributed by atoms with Gasteiger partial charge in [0.15, 0.2) is 0 Å². The largest absolute Gasteiger partial charge is 0.379 e. The molecule has 1 aromatic heterocycles. The Morgan fingerprint density at radius 2 is 1.70 bits per heavy atom. The summed E-state index contributed by atoms with van der Waals surface area (Å²) in [7, 11) is -3.50. The Kier molecular flexibility index (Phi) is 7.04. The summed E-state index contributed by atoms with van der Waals surface area (Å²) in [6.45, 7) is 10.3. The Balaban J connectivity index is 1.61. The molecule has 0 aliphatic carbocycles. The second-order valence-corrected chi connectivity index (χ2v) is 9.17. The monoisotopic (exact) mass is 398 g/mol. The minimum Gasteiger partial charge on any atom is -0.379 e. The van der Waals surface area contributed by atoms with Crippen LogP contribution in [-0.4, -0.2) is 87.8 Å². The number of rotatable bonds is 7. The molecule has 2 fully saturated rings. The number of morpholine rings is 2. The van der Waals surface area contributed by atoms with E-state index in [0.717, 1.165) is 32.8 Å². The van der Waals surface area contributed by atoms with Crippen LogP contribution in [0, 0.1) is 5.92 Å². The van der Waals surface area contributed by atoms with E-state index < -0.39 is 10.0 Å². The summed E-state index contributed by atoms with van der Waals surface area (Å²) in [6.07, 6.45) is 1.44. The maximum absolute atomic E-state index is 12.7. The first kappa shape index (κ1) is 20.5. The first-order valence-corrected chi connectivity index (χ1v) is 11.0. The minimum absolute atomic E-state index is 0.225. The highest BCUT2D eigenvalue weighted by Gasteiger charge is 2.27. The van der Waals surface area contributed by atoms with E-state index in [9.17, 15) is 8.42 Å². The van der Waals surface area contributed by atoms with Gasteiger partial charge in [-0.15, -0.1) is 0 Å². The number of sulfonamides is 1. The molecule has 3 rings (SSSR count). The van der Waals surface area contributed by atoms with E-state index in [1.54, 1.807) is 12.1 Å². The molecule has 0 radical (unpaired) electrons. The summed E-state index contributed by atoms with van der Waals surface area (Å²) >= 11 is 0. The molecule has 0 bridgehead atoms. The van der Waals surface area contributed by atoms with Crippen LogP contribution in [0.1, 0.15) is 13.8 Å². The third-order valence-electron chi connectivity index (χ3n) is 5.12. The maximum atomic E-state index is 12.7. The highest BCUT2D eigenvalue weighted by Crippen LogP contribution is 2.18. The van der Waals surface area contributed by atoms with Gasteiger partial charge in [-0.2, -0.15) is 4.31 Å². The van der Waals surface area contributed by atoms with E-state index in [1.807, 2.05) is 0 Å². The highest BCUT2D eigenvalue weighted by atomic mass is 32.2. The standard InChI is InChI=1S/C18H30N4O4S/c1-15(2)17(21-5-9-25-10-6-21)14-20-18-4-3-16(13-19-18)27(23,24)22-7-11-26-12-8-22/h3-4,13,15,17H,5-12,14H2,1-2H3,(H,19,20). The lowest BCUT2D eigenvalue weighted by atomic mass is 10.0. The molecular weight excluding hydrogens is 368 g/mol. The van der Waals surface area contributed by atoms with Crippen LogP contribution in [0.2, 0.25) is 0 Å². The van der Waals surface area contributed by atoms with E-state index in [1.165, 1.54) is 10.5 Å². The van der Waals surface area contributed by atoms with Crippen molar-refractivity contribution >= 4 is 15.8 Å². The first-order valence-electron chi connectivity index (χ1n) is 9.58. The van der Waals surface area contributed by atoms with Crippen molar-refractivity contribution in [2.75, 3.05) is 64.5 Å². The van der Waals surface area contributed by atoms with Gasteiger partial charge < -0.3 is 14.8 Å². The zero-order valence-electron chi connectivity index (χ0n) is 16.1. The minimum atomic E-state index is -3.50. The molecule has 2 saturated heterocycles. The van der Waals surface area contributed by atoms with Crippen molar-refractivity contribution in [1.82, 2.24) is 14.2 Å². The molecule has 0 spiro atoms. The van der Waals surface area contributed by atoms with Crippen molar-refractivity contribution < 1.29 is 17.9 Å². The summed E-state index contributed by atoms with van der Waals surface area (Å²) in [5.41, 5.74) is 0. The van der Waals surface area contributed by atoms with E-state index >= 15 is 0 Å². The quantitative estimate of drug-likeness (QED) is 0.730. The van der Waals surface area contributed by atoms with Gasteiger partial charge in [0.1, 0.15) is 10.7 Å². The fourth-order valence-corrected chi connectivity index (χ4v) is 4.83. The van der Waals surface area contributed by atoms with Crippen LogP contribution in [-0.2, 0) is 19.5 Å². The van der Waals surface area contributed by atoms with Gasteiger partial charge in [0.25, 0.3) is 0 Å². The van der Waals surface area contributed by atoms with Crippen molar-refractivity contribution in [1.29, 1.82) is 0 Å². The Labute approximate surface area is 161 Å². The van der Waals surface area contributed by atoms with Gasteiger partial charge in [-0.25, -0.2) is 13.4 Å². The molecule has 27 heavy (non-hydrogen) atoms. The number of hydrogen-bond acceptors (Lipinski definition) is 7. The van der Waals surface area contributed by atoms with Crippen LogP contribution < -0.4 is 5.32 Å². The average molecular weight is 399 g/mol. The Hall–Kier alpha value is -1.26. The van der Waals surface area contributed by atoms with Crippen molar-refractivity contribution in [2.24, 2.45) is 5.92 Å². The van der Waals surface area contributed by atoms with E-state index in [0.29, 0.717) is 44.1 Å². The Morgan fingerprint density at radius 1 is 1.07 bits per heavy atom. The normalized spacial score (nSPS) is 21.3. The van der Waals surface area contributed by atoms with Gasteiger partial charge in [-0.05, 0) is 18.1 Å². The number of pyridine rings is 1. The van der Waals surface area contributed by atoms with E-state index in [2.05, 4.69) is 29.0 Å². The van der Waals surface area contributed by atoms with E-state index in [4.69, 9.17) is 9.47 Å². The molecule has 152 valence electrons. The number of ether oxygens (including phenoxy) is 2.